The molecule has 3 unspecified atom stereocenters. The van der Waals surface area contributed by atoms with Crippen molar-refractivity contribution in [1.82, 2.24) is 4.90 Å². The van der Waals surface area contributed by atoms with Crippen LogP contribution in [-0.4, -0.2) is 46.9 Å². The zero-order chi connectivity index (χ0) is 12.3. The molecule has 1 heterocycles. The molecule has 0 aliphatic carbocycles. The van der Waals surface area contributed by atoms with Gasteiger partial charge in [0.25, 0.3) is 0 Å². The van der Waals surface area contributed by atoms with Crippen LogP contribution in [0.4, 0.5) is 0 Å². The first-order valence-corrected chi connectivity index (χ1v) is 6.37. The number of aliphatic hydroxyl groups excluding tert-OH is 1. The highest BCUT2D eigenvalue weighted by Crippen LogP contribution is 2.23. The molecule has 0 saturated carbocycles. The SMILES string of the molecule is CC1CCC(C)N1CC(O)COC(C)(C)C. The van der Waals surface area contributed by atoms with Gasteiger partial charge in [-0.25, -0.2) is 0 Å². The van der Waals surface area contributed by atoms with Crippen LogP contribution in [0.25, 0.3) is 0 Å². The van der Waals surface area contributed by atoms with Crippen molar-refractivity contribution in [2.45, 2.75) is 71.2 Å². The molecule has 0 bridgehead atoms. The zero-order valence-corrected chi connectivity index (χ0v) is 11.4. The average molecular weight is 229 g/mol. The molecule has 0 spiro atoms. The largest absolute Gasteiger partial charge is 0.389 e. The lowest BCUT2D eigenvalue weighted by atomic mass is 10.2. The number of ether oxygens (including phenoxy) is 1. The second-order valence-electron chi connectivity index (χ2n) is 6.05. The molecule has 1 aliphatic heterocycles. The predicted molar refractivity (Wildman–Crippen MR) is 66.6 cm³/mol. The first kappa shape index (κ1) is 13.9. The van der Waals surface area contributed by atoms with Crippen molar-refractivity contribution < 1.29 is 9.84 Å². The fraction of sp³-hybridized carbons (Fsp3) is 1.00. The Morgan fingerprint density at radius 3 is 2.19 bits per heavy atom. The van der Waals surface area contributed by atoms with Gasteiger partial charge in [0.05, 0.1) is 18.3 Å². The molecule has 1 aliphatic rings. The first-order chi connectivity index (χ1) is 7.29. The highest BCUT2D eigenvalue weighted by atomic mass is 16.5. The highest BCUT2D eigenvalue weighted by molar-refractivity contribution is 4.83. The Labute approximate surface area is 99.8 Å². The maximum absolute atomic E-state index is 9.94. The topological polar surface area (TPSA) is 32.7 Å². The van der Waals surface area contributed by atoms with E-state index in [2.05, 4.69) is 18.7 Å². The molecule has 3 heteroatoms. The van der Waals surface area contributed by atoms with Crippen molar-refractivity contribution in [1.29, 1.82) is 0 Å². The van der Waals surface area contributed by atoms with Crippen LogP contribution >= 0.6 is 0 Å². The van der Waals surface area contributed by atoms with Crippen molar-refractivity contribution in [2.75, 3.05) is 13.2 Å². The number of aliphatic hydroxyl groups is 1. The molecule has 1 rings (SSSR count). The minimum Gasteiger partial charge on any atom is -0.389 e. The van der Waals surface area contributed by atoms with Gasteiger partial charge in [-0.2, -0.15) is 0 Å². The van der Waals surface area contributed by atoms with E-state index in [1.54, 1.807) is 0 Å². The Kier molecular flexibility index (Phi) is 4.77. The lowest BCUT2D eigenvalue weighted by Gasteiger charge is -2.29. The molecule has 0 amide bonds. The van der Waals surface area contributed by atoms with Crippen LogP contribution in [0.15, 0.2) is 0 Å². The average Bonchev–Trinajstić information content (AvgIpc) is 2.45. The van der Waals surface area contributed by atoms with Crippen LogP contribution in [0.5, 0.6) is 0 Å². The molecule has 1 N–H and O–H groups in total. The van der Waals surface area contributed by atoms with E-state index in [-0.39, 0.29) is 11.7 Å². The fourth-order valence-electron chi connectivity index (χ4n) is 2.25. The molecule has 0 aromatic carbocycles. The summed E-state index contributed by atoms with van der Waals surface area (Å²) in [6.45, 7) is 11.7. The Balaban J connectivity index is 2.31. The van der Waals surface area contributed by atoms with Gasteiger partial charge in [-0.15, -0.1) is 0 Å². The van der Waals surface area contributed by atoms with Crippen LogP contribution in [0.2, 0.25) is 0 Å². The predicted octanol–water partition coefficient (Wildman–Crippen LogP) is 2.04. The Bertz CT molecular complexity index is 202. The second kappa shape index (κ2) is 5.48. The number of nitrogens with zero attached hydrogens (tertiary/aromatic N) is 1. The van der Waals surface area contributed by atoms with Gasteiger partial charge in [-0.05, 0) is 47.5 Å². The Morgan fingerprint density at radius 2 is 1.75 bits per heavy atom. The summed E-state index contributed by atoms with van der Waals surface area (Å²) in [6.07, 6.45) is 2.12. The van der Waals surface area contributed by atoms with Gasteiger partial charge in [0.2, 0.25) is 0 Å². The van der Waals surface area contributed by atoms with Crippen LogP contribution in [0, 0.1) is 0 Å². The van der Waals surface area contributed by atoms with Crippen LogP contribution < -0.4 is 0 Å². The fourth-order valence-corrected chi connectivity index (χ4v) is 2.25. The number of β-amino-alcohol motifs (C(OH)–C–C–N with tert-alkyl or cyclic N) is 1. The van der Waals surface area contributed by atoms with Crippen molar-refractivity contribution in [2.24, 2.45) is 0 Å². The monoisotopic (exact) mass is 229 g/mol. The van der Waals surface area contributed by atoms with Gasteiger partial charge >= 0.3 is 0 Å². The van der Waals surface area contributed by atoms with E-state index < -0.39 is 0 Å². The van der Waals surface area contributed by atoms with Gasteiger partial charge < -0.3 is 9.84 Å². The van der Waals surface area contributed by atoms with Crippen molar-refractivity contribution in [3.05, 3.63) is 0 Å². The van der Waals surface area contributed by atoms with Gasteiger partial charge in [-0.3, -0.25) is 4.90 Å². The quantitative estimate of drug-likeness (QED) is 0.800. The molecule has 0 radical (unpaired) electrons. The third-order valence-corrected chi connectivity index (χ3v) is 3.26. The van der Waals surface area contributed by atoms with Crippen molar-refractivity contribution in [3.8, 4) is 0 Å². The maximum Gasteiger partial charge on any atom is 0.0900 e. The van der Waals surface area contributed by atoms with E-state index in [1.807, 2.05) is 20.8 Å². The minimum atomic E-state index is -0.373. The van der Waals surface area contributed by atoms with Crippen LogP contribution in [0.1, 0.15) is 47.5 Å². The summed E-state index contributed by atoms with van der Waals surface area (Å²) in [5.74, 6) is 0. The first-order valence-electron chi connectivity index (χ1n) is 6.37. The van der Waals surface area contributed by atoms with E-state index in [9.17, 15) is 5.11 Å². The summed E-state index contributed by atoms with van der Waals surface area (Å²) in [5, 5.41) is 9.94. The molecule has 1 fully saturated rings. The van der Waals surface area contributed by atoms with Crippen LogP contribution in [-0.2, 0) is 4.74 Å². The standard InChI is InChI=1S/C13H27NO2/c1-10-6-7-11(2)14(10)8-12(15)9-16-13(3,4)5/h10-12,15H,6-9H2,1-5H3. The summed E-state index contributed by atoms with van der Waals surface area (Å²) in [7, 11) is 0. The summed E-state index contributed by atoms with van der Waals surface area (Å²) >= 11 is 0. The highest BCUT2D eigenvalue weighted by Gasteiger charge is 2.29. The van der Waals surface area contributed by atoms with E-state index in [0.717, 1.165) is 6.54 Å². The molecule has 0 aromatic heterocycles. The third-order valence-electron chi connectivity index (χ3n) is 3.26. The summed E-state index contributed by atoms with van der Waals surface area (Å²) in [4.78, 5) is 2.39. The van der Waals surface area contributed by atoms with E-state index in [4.69, 9.17) is 4.74 Å². The molecule has 96 valence electrons. The lowest BCUT2D eigenvalue weighted by molar-refractivity contribution is -0.0586. The van der Waals surface area contributed by atoms with Gasteiger partial charge in [0.15, 0.2) is 0 Å². The Hall–Kier alpha value is -0.120. The van der Waals surface area contributed by atoms with E-state index in [1.165, 1.54) is 12.8 Å². The maximum atomic E-state index is 9.94. The lowest BCUT2D eigenvalue weighted by Crippen LogP contribution is -2.41. The molecule has 0 aromatic rings. The normalized spacial score (nSPS) is 29.6. The molecule has 3 nitrogen and oxygen atoms in total. The second-order valence-corrected chi connectivity index (χ2v) is 6.05. The van der Waals surface area contributed by atoms with Gasteiger partial charge in [0.1, 0.15) is 0 Å². The minimum absolute atomic E-state index is 0.163. The smallest absolute Gasteiger partial charge is 0.0900 e. The molecular formula is C13H27NO2. The number of hydrogen-bond donors (Lipinski definition) is 1. The number of likely N-dealkylation sites (tertiary alicyclic amines) is 1. The number of rotatable bonds is 4. The summed E-state index contributed by atoms with van der Waals surface area (Å²) in [5.41, 5.74) is -0.163. The van der Waals surface area contributed by atoms with Crippen LogP contribution in [0.3, 0.4) is 0 Å². The third kappa shape index (κ3) is 4.40. The number of hydrogen-bond acceptors (Lipinski definition) is 3. The Morgan fingerprint density at radius 1 is 1.25 bits per heavy atom. The zero-order valence-electron chi connectivity index (χ0n) is 11.4. The van der Waals surface area contributed by atoms with Crippen molar-refractivity contribution >= 4 is 0 Å². The summed E-state index contributed by atoms with van der Waals surface area (Å²) in [6, 6.07) is 1.19. The summed E-state index contributed by atoms with van der Waals surface area (Å²) < 4.78 is 5.60. The van der Waals surface area contributed by atoms with Gasteiger partial charge in [0, 0.05) is 18.6 Å². The van der Waals surface area contributed by atoms with E-state index >= 15 is 0 Å². The molecule has 16 heavy (non-hydrogen) atoms. The van der Waals surface area contributed by atoms with E-state index in [0.29, 0.717) is 18.7 Å². The molecule has 3 atom stereocenters. The molecule has 1 saturated heterocycles. The van der Waals surface area contributed by atoms with Gasteiger partial charge in [-0.1, -0.05) is 0 Å². The molecular weight excluding hydrogens is 202 g/mol. The van der Waals surface area contributed by atoms with Crippen molar-refractivity contribution in [3.63, 3.8) is 0 Å².